The average Bonchev–Trinajstić information content (AvgIpc) is 4.26. The maximum atomic E-state index is 13.8. The summed E-state index contributed by atoms with van der Waals surface area (Å²) in [6, 6.07) is 15.7. The van der Waals surface area contributed by atoms with Gasteiger partial charge in [0.05, 0.1) is 10.8 Å². The number of anilines is 2. The Morgan fingerprint density at radius 1 is 0.562 bits per heavy atom. The first kappa shape index (κ1) is 42.5. The quantitative estimate of drug-likeness (QED) is 0.0673. The Bertz CT molecular complexity index is 2340. The number of carboxylic acids is 2. The number of carboxylic acid groups (broad SMARTS) is 2. The highest BCUT2D eigenvalue weighted by Crippen LogP contribution is 2.54. The molecule has 8 saturated carbocycles. The minimum Gasteiger partial charge on any atom is -0.481 e. The molecule has 0 aliphatic heterocycles. The first-order valence-electron chi connectivity index (χ1n) is 23.6. The van der Waals surface area contributed by atoms with Crippen LogP contribution < -0.4 is 21.3 Å². The standard InChI is InChI=1S/C52H60N6O6/c1-31-37(5-3-7-41(31)57-45(59)43-25-39(33-9-10-33)35(27-53-43)29-55-51-19-13-49(14-20-51,15-21-51)47(61)62)38-6-4-8-42(32(38)2)58-46(60)44-26-40(34-11-12-34)36(28-54-44)30-56-52-22-16-50(17-23-52,18-24-52)48(63)64/h3-8,25-28,33-34,55-56H,9-24,29-30H2,1-2H3,(H,57,59)(H,58,60)(H,61,62)(H,63,64). The van der Waals surface area contributed by atoms with Gasteiger partial charge in [-0.05, 0) is 197 Å². The average molecular weight is 865 g/mol. The summed E-state index contributed by atoms with van der Waals surface area (Å²) in [4.78, 5) is 60.9. The number of aliphatic carboxylic acids is 2. The van der Waals surface area contributed by atoms with Crippen molar-refractivity contribution in [2.45, 2.75) is 153 Å². The second kappa shape index (κ2) is 16.2. The van der Waals surface area contributed by atoms with E-state index in [0.29, 0.717) is 47.7 Å². The Labute approximate surface area is 374 Å². The summed E-state index contributed by atoms with van der Waals surface area (Å²) in [5.74, 6) is -0.994. The molecule has 12 nitrogen and oxygen atoms in total. The number of carbonyl (C=O) groups is 4. The Hall–Kier alpha value is -5.46. The summed E-state index contributed by atoms with van der Waals surface area (Å²) in [5, 5.41) is 33.6. The van der Waals surface area contributed by atoms with E-state index in [1.165, 1.54) is 11.1 Å². The van der Waals surface area contributed by atoms with Gasteiger partial charge in [-0.15, -0.1) is 0 Å². The molecule has 0 spiro atoms. The lowest BCUT2D eigenvalue weighted by Gasteiger charge is -2.52. The second-order valence-electron chi connectivity index (χ2n) is 20.4. The van der Waals surface area contributed by atoms with Crippen molar-refractivity contribution < 1.29 is 29.4 Å². The Morgan fingerprint density at radius 2 is 0.922 bits per heavy atom. The van der Waals surface area contributed by atoms with Crippen molar-refractivity contribution in [1.29, 1.82) is 0 Å². The van der Waals surface area contributed by atoms with Crippen LogP contribution in [0.3, 0.4) is 0 Å². The molecular weight excluding hydrogens is 805 g/mol. The Kier molecular flexibility index (Phi) is 10.8. The number of carbonyl (C=O) groups excluding carboxylic acids is 2. The van der Waals surface area contributed by atoms with Gasteiger partial charge in [-0.2, -0.15) is 0 Å². The molecule has 8 aliphatic rings. The lowest BCUT2D eigenvalue weighted by molar-refractivity contribution is -0.157. The fraction of sp³-hybridized carbons (Fsp3) is 0.500. The third-order valence-electron chi connectivity index (χ3n) is 16.7. The zero-order valence-electron chi connectivity index (χ0n) is 37.1. The predicted octanol–water partition coefficient (Wildman–Crippen LogP) is 9.55. The van der Waals surface area contributed by atoms with E-state index in [-0.39, 0.29) is 22.9 Å². The molecule has 0 radical (unpaired) electrons. The molecule has 2 heterocycles. The van der Waals surface area contributed by atoms with Crippen LogP contribution in [0.25, 0.3) is 11.1 Å². The molecule has 64 heavy (non-hydrogen) atoms. The van der Waals surface area contributed by atoms with Crippen molar-refractivity contribution >= 4 is 35.1 Å². The van der Waals surface area contributed by atoms with Crippen molar-refractivity contribution in [2.75, 3.05) is 10.6 Å². The van der Waals surface area contributed by atoms with Crippen LogP contribution in [0.5, 0.6) is 0 Å². The molecule has 12 heteroatoms. The highest BCUT2D eigenvalue weighted by atomic mass is 16.4. The van der Waals surface area contributed by atoms with Crippen LogP contribution in [0, 0.1) is 24.7 Å². The molecule has 4 aromatic rings. The van der Waals surface area contributed by atoms with Crippen LogP contribution in [0.2, 0.25) is 0 Å². The molecule has 0 unspecified atom stereocenters. The molecule has 2 aromatic heterocycles. The van der Waals surface area contributed by atoms with Gasteiger partial charge in [-0.1, -0.05) is 24.3 Å². The molecule has 0 saturated heterocycles. The number of rotatable bonds is 15. The van der Waals surface area contributed by atoms with E-state index in [2.05, 4.69) is 31.2 Å². The Morgan fingerprint density at radius 3 is 1.25 bits per heavy atom. The maximum Gasteiger partial charge on any atom is 0.309 e. The van der Waals surface area contributed by atoms with Crippen molar-refractivity contribution in [2.24, 2.45) is 10.8 Å². The van der Waals surface area contributed by atoms with Gasteiger partial charge in [-0.3, -0.25) is 29.1 Å². The van der Waals surface area contributed by atoms with Crippen LogP contribution in [-0.2, 0) is 22.7 Å². The second-order valence-corrected chi connectivity index (χ2v) is 20.4. The van der Waals surface area contributed by atoms with Gasteiger partial charge in [-0.25, -0.2) is 0 Å². The summed E-state index contributed by atoms with van der Waals surface area (Å²) in [7, 11) is 0. The molecule has 8 fully saturated rings. The minimum atomic E-state index is -0.646. The first-order valence-corrected chi connectivity index (χ1v) is 23.6. The van der Waals surface area contributed by atoms with Crippen LogP contribution >= 0.6 is 0 Å². The number of nitrogens with zero attached hydrogens (tertiary/aromatic N) is 2. The number of fused-ring (bicyclic) bond motifs is 6. The number of hydrogen-bond donors (Lipinski definition) is 6. The smallest absolute Gasteiger partial charge is 0.309 e. The van der Waals surface area contributed by atoms with Crippen molar-refractivity contribution in [1.82, 2.24) is 20.6 Å². The van der Waals surface area contributed by atoms with Gasteiger partial charge in [0, 0.05) is 47.9 Å². The molecule has 0 atom stereocenters. The summed E-state index contributed by atoms with van der Waals surface area (Å²) in [5.41, 5.74) is 9.23. The van der Waals surface area contributed by atoms with Crippen molar-refractivity contribution in [3.05, 3.63) is 106 Å². The van der Waals surface area contributed by atoms with Gasteiger partial charge in [0.25, 0.3) is 11.8 Å². The lowest BCUT2D eigenvalue weighted by atomic mass is 9.57. The van der Waals surface area contributed by atoms with Crippen LogP contribution in [-0.4, -0.2) is 55.0 Å². The van der Waals surface area contributed by atoms with E-state index < -0.39 is 22.8 Å². The summed E-state index contributed by atoms with van der Waals surface area (Å²) < 4.78 is 0. The molecular formula is C52H60N6O6. The number of pyridine rings is 2. The van der Waals surface area contributed by atoms with E-state index >= 15 is 0 Å². The fourth-order valence-corrected chi connectivity index (χ4v) is 11.7. The molecule has 12 rings (SSSR count). The number of hydrogen-bond acceptors (Lipinski definition) is 8. The SMILES string of the molecule is Cc1c(NC(=O)c2cc(C3CC3)c(CNC34CCC(C(=O)O)(CC3)CC4)cn2)cccc1-c1cccc(NC(=O)c2cc(C3CC3)c(CNC34CCC(C(=O)O)(CC3)CC4)cn2)c1C. The van der Waals surface area contributed by atoms with Gasteiger partial charge in [0.15, 0.2) is 0 Å². The monoisotopic (exact) mass is 864 g/mol. The maximum absolute atomic E-state index is 13.8. The molecule has 334 valence electrons. The topological polar surface area (TPSA) is 183 Å². The van der Waals surface area contributed by atoms with E-state index in [0.717, 1.165) is 136 Å². The van der Waals surface area contributed by atoms with Gasteiger partial charge >= 0.3 is 11.9 Å². The van der Waals surface area contributed by atoms with Crippen LogP contribution in [0.15, 0.2) is 60.9 Å². The fourth-order valence-electron chi connectivity index (χ4n) is 11.7. The third-order valence-corrected chi connectivity index (χ3v) is 16.7. The van der Waals surface area contributed by atoms with Crippen molar-refractivity contribution in [3.8, 4) is 11.1 Å². The molecule has 6 N–H and O–H groups in total. The zero-order valence-corrected chi connectivity index (χ0v) is 37.1. The zero-order chi connectivity index (χ0) is 44.4. The minimum absolute atomic E-state index is 0.0325. The number of aromatic nitrogens is 2. The number of benzene rings is 2. The van der Waals surface area contributed by atoms with Crippen molar-refractivity contribution in [3.63, 3.8) is 0 Å². The highest BCUT2D eigenvalue weighted by molar-refractivity contribution is 6.05. The molecule has 8 aliphatic carbocycles. The Balaban J connectivity index is 0.802. The number of nitrogens with one attached hydrogen (secondary N) is 4. The normalized spacial score (nSPS) is 27.0. The first-order chi connectivity index (χ1) is 30.8. The number of amides is 2. The summed E-state index contributed by atoms with van der Waals surface area (Å²) in [6.07, 6.45) is 17.6. The molecule has 4 bridgehead atoms. The lowest BCUT2D eigenvalue weighted by Crippen LogP contribution is -2.56. The van der Waals surface area contributed by atoms with Crippen LogP contribution in [0.1, 0.15) is 169 Å². The third kappa shape index (κ3) is 7.90. The molecule has 2 aromatic carbocycles. The van der Waals surface area contributed by atoms with Gasteiger partial charge in [0.1, 0.15) is 11.4 Å². The van der Waals surface area contributed by atoms with E-state index in [1.807, 2.05) is 74.8 Å². The molecule has 2 amide bonds. The predicted molar refractivity (Wildman–Crippen MR) is 244 cm³/mol. The summed E-state index contributed by atoms with van der Waals surface area (Å²) in [6.45, 7) is 5.30. The van der Waals surface area contributed by atoms with E-state index in [1.54, 1.807) is 0 Å². The van der Waals surface area contributed by atoms with Gasteiger partial charge < -0.3 is 31.5 Å². The van der Waals surface area contributed by atoms with E-state index in [4.69, 9.17) is 0 Å². The van der Waals surface area contributed by atoms with E-state index in [9.17, 15) is 29.4 Å². The van der Waals surface area contributed by atoms with Crippen LogP contribution in [0.4, 0.5) is 11.4 Å². The summed E-state index contributed by atoms with van der Waals surface area (Å²) >= 11 is 0. The largest absolute Gasteiger partial charge is 0.481 e. The van der Waals surface area contributed by atoms with Gasteiger partial charge in [0.2, 0.25) is 0 Å². The highest BCUT2D eigenvalue weighted by Gasteiger charge is 2.53.